The lowest BCUT2D eigenvalue weighted by Crippen LogP contribution is -2.27. The summed E-state index contributed by atoms with van der Waals surface area (Å²) in [6.07, 6.45) is 5.79. The van der Waals surface area contributed by atoms with Gasteiger partial charge in [0, 0.05) is 20.3 Å². The summed E-state index contributed by atoms with van der Waals surface area (Å²) in [7, 11) is 0.0412. The maximum absolute atomic E-state index is 12.9. The Balaban J connectivity index is 2.58. The summed E-state index contributed by atoms with van der Waals surface area (Å²) in [6, 6.07) is 3.57. The topological polar surface area (TPSA) is 74.1 Å². The Kier molecular flexibility index (Phi) is 4.29. The number of hydrogen-bond acceptors (Lipinski definition) is 5. The fraction of sp³-hybridized carbons (Fsp3) is 0.571. The van der Waals surface area contributed by atoms with Gasteiger partial charge in [-0.25, -0.2) is 13.4 Å². The molecular formula is C14H19N3O2S. The smallest absolute Gasteiger partial charge is 0.186 e. The van der Waals surface area contributed by atoms with Gasteiger partial charge in [0.2, 0.25) is 0 Å². The summed E-state index contributed by atoms with van der Waals surface area (Å²) in [6.45, 7) is 0. The van der Waals surface area contributed by atoms with E-state index in [2.05, 4.69) is 4.98 Å². The molecule has 20 heavy (non-hydrogen) atoms. The molecule has 1 aliphatic rings. The van der Waals surface area contributed by atoms with Crippen molar-refractivity contribution in [1.29, 1.82) is 5.26 Å². The van der Waals surface area contributed by atoms with Crippen molar-refractivity contribution in [2.24, 2.45) is 0 Å². The number of sulfone groups is 1. The van der Waals surface area contributed by atoms with E-state index in [-0.39, 0.29) is 15.8 Å². The zero-order chi connectivity index (χ0) is 14.8. The van der Waals surface area contributed by atoms with Crippen molar-refractivity contribution >= 4 is 15.5 Å². The molecule has 5 nitrogen and oxygen atoms in total. The van der Waals surface area contributed by atoms with Gasteiger partial charge in [-0.1, -0.05) is 19.3 Å². The first-order valence-electron chi connectivity index (χ1n) is 6.79. The molecule has 0 amide bonds. The summed E-state index contributed by atoms with van der Waals surface area (Å²) in [5.74, 6) is 0. The second kappa shape index (κ2) is 5.80. The van der Waals surface area contributed by atoms with Crippen LogP contribution in [0.5, 0.6) is 0 Å². The fourth-order valence-corrected chi connectivity index (χ4v) is 4.89. The summed E-state index contributed by atoms with van der Waals surface area (Å²) in [5, 5.41) is 8.81. The molecule has 0 aromatic carbocycles. The highest BCUT2D eigenvalue weighted by Gasteiger charge is 2.34. The number of rotatable bonds is 3. The summed E-state index contributed by atoms with van der Waals surface area (Å²) >= 11 is 0. The molecule has 108 valence electrons. The molecule has 1 aromatic rings. The average molecular weight is 293 g/mol. The molecule has 1 saturated carbocycles. The van der Waals surface area contributed by atoms with Crippen LogP contribution in [-0.4, -0.2) is 32.7 Å². The van der Waals surface area contributed by atoms with Crippen LogP contribution in [0.3, 0.4) is 0 Å². The Labute approximate surface area is 120 Å². The van der Waals surface area contributed by atoms with E-state index < -0.39 is 9.84 Å². The Morgan fingerprint density at radius 3 is 2.50 bits per heavy atom. The molecule has 6 heteroatoms. The first-order valence-corrected chi connectivity index (χ1v) is 8.33. The second-order valence-corrected chi connectivity index (χ2v) is 7.48. The van der Waals surface area contributed by atoms with Gasteiger partial charge < -0.3 is 4.90 Å². The number of nitriles is 1. The standard InChI is InChI=1S/C14H19N3O2S/c1-17(2)13-8-9-16-12(10-15)14(13)20(18,19)11-6-4-3-5-7-11/h8-9,11H,3-7H2,1-2H3. The van der Waals surface area contributed by atoms with Gasteiger partial charge in [0.25, 0.3) is 0 Å². The minimum atomic E-state index is -3.51. The Morgan fingerprint density at radius 2 is 1.95 bits per heavy atom. The van der Waals surface area contributed by atoms with Crippen LogP contribution >= 0.6 is 0 Å². The second-order valence-electron chi connectivity index (χ2n) is 5.32. The predicted molar refractivity (Wildman–Crippen MR) is 77.3 cm³/mol. The third-order valence-electron chi connectivity index (χ3n) is 3.75. The maximum atomic E-state index is 12.9. The van der Waals surface area contributed by atoms with Gasteiger partial charge in [0.15, 0.2) is 15.5 Å². The maximum Gasteiger partial charge on any atom is 0.186 e. The minimum Gasteiger partial charge on any atom is -0.376 e. The van der Waals surface area contributed by atoms with E-state index in [4.69, 9.17) is 0 Å². The third kappa shape index (κ3) is 2.63. The van der Waals surface area contributed by atoms with Gasteiger partial charge in [-0.2, -0.15) is 5.26 Å². The molecule has 0 radical (unpaired) electrons. The lowest BCUT2D eigenvalue weighted by Gasteiger charge is -2.25. The zero-order valence-corrected chi connectivity index (χ0v) is 12.7. The van der Waals surface area contributed by atoms with Crippen LogP contribution < -0.4 is 4.90 Å². The van der Waals surface area contributed by atoms with Crippen LogP contribution in [0, 0.1) is 11.3 Å². The van der Waals surface area contributed by atoms with E-state index in [1.165, 1.54) is 6.20 Å². The summed E-state index contributed by atoms with van der Waals surface area (Å²) in [5.41, 5.74) is 0.545. The van der Waals surface area contributed by atoms with Gasteiger partial charge in [-0.05, 0) is 18.9 Å². The molecule has 0 saturated heterocycles. The minimum absolute atomic E-state index is 0.00164. The quantitative estimate of drug-likeness (QED) is 0.853. The van der Waals surface area contributed by atoms with E-state index in [9.17, 15) is 13.7 Å². The number of hydrogen-bond donors (Lipinski definition) is 0. The van der Waals surface area contributed by atoms with Gasteiger partial charge in [0.1, 0.15) is 11.0 Å². The molecule has 0 aliphatic heterocycles. The summed E-state index contributed by atoms with van der Waals surface area (Å²) in [4.78, 5) is 5.75. The van der Waals surface area contributed by atoms with E-state index in [0.29, 0.717) is 18.5 Å². The lowest BCUT2D eigenvalue weighted by molar-refractivity contribution is 0.483. The highest BCUT2D eigenvalue weighted by atomic mass is 32.2. The molecule has 1 aromatic heterocycles. The van der Waals surface area contributed by atoms with Crippen LogP contribution in [0.25, 0.3) is 0 Å². The van der Waals surface area contributed by atoms with Crippen molar-refractivity contribution in [3.8, 4) is 6.07 Å². The Hall–Kier alpha value is -1.61. The van der Waals surface area contributed by atoms with Gasteiger partial charge >= 0.3 is 0 Å². The number of nitrogens with zero attached hydrogens (tertiary/aromatic N) is 3. The normalized spacial score (nSPS) is 16.6. The monoisotopic (exact) mass is 293 g/mol. The Bertz CT molecular complexity index is 626. The lowest BCUT2D eigenvalue weighted by atomic mass is 10.0. The first kappa shape index (κ1) is 14.8. The number of pyridine rings is 1. The molecule has 0 spiro atoms. The van der Waals surface area contributed by atoms with E-state index in [1.54, 1.807) is 25.1 Å². The van der Waals surface area contributed by atoms with Crippen molar-refractivity contribution in [2.45, 2.75) is 42.2 Å². The van der Waals surface area contributed by atoms with Crippen LogP contribution in [0.1, 0.15) is 37.8 Å². The highest BCUT2D eigenvalue weighted by Crippen LogP contribution is 2.34. The molecule has 0 atom stereocenters. The average Bonchev–Trinajstić information content (AvgIpc) is 2.47. The third-order valence-corrected chi connectivity index (χ3v) is 6.07. The number of aromatic nitrogens is 1. The van der Waals surface area contributed by atoms with E-state index >= 15 is 0 Å². The Morgan fingerprint density at radius 1 is 1.30 bits per heavy atom. The molecule has 0 N–H and O–H groups in total. The van der Waals surface area contributed by atoms with Gasteiger partial charge in [0.05, 0.1) is 10.9 Å². The molecule has 0 unspecified atom stereocenters. The van der Waals surface area contributed by atoms with Crippen molar-refractivity contribution in [3.63, 3.8) is 0 Å². The van der Waals surface area contributed by atoms with Crippen molar-refractivity contribution in [1.82, 2.24) is 4.98 Å². The van der Waals surface area contributed by atoms with Crippen LogP contribution in [0.2, 0.25) is 0 Å². The largest absolute Gasteiger partial charge is 0.376 e. The van der Waals surface area contributed by atoms with E-state index in [1.807, 2.05) is 6.07 Å². The van der Waals surface area contributed by atoms with Gasteiger partial charge in [-0.3, -0.25) is 0 Å². The first-order chi connectivity index (χ1) is 9.48. The molecular weight excluding hydrogens is 274 g/mol. The van der Waals surface area contributed by atoms with E-state index in [0.717, 1.165) is 19.3 Å². The van der Waals surface area contributed by atoms with Crippen molar-refractivity contribution < 1.29 is 8.42 Å². The fourth-order valence-electron chi connectivity index (χ4n) is 2.69. The predicted octanol–water partition coefficient (Wildman–Crippen LogP) is 2.13. The molecule has 0 bridgehead atoms. The summed E-state index contributed by atoms with van der Waals surface area (Å²) < 4.78 is 25.7. The molecule has 1 heterocycles. The SMILES string of the molecule is CN(C)c1ccnc(C#N)c1S(=O)(=O)C1CCCCC1. The van der Waals surface area contributed by atoms with Crippen LogP contribution in [-0.2, 0) is 9.84 Å². The molecule has 1 fully saturated rings. The molecule has 1 aliphatic carbocycles. The van der Waals surface area contributed by atoms with Crippen molar-refractivity contribution in [3.05, 3.63) is 18.0 Å². The zero-order valence-electron chi connectivity index (χ0n) is 11.8. The number of anilines is 1. The highest BCUT2D eigenvalue weighted by molar-refractivity contribution is 7.92. The van der Waals surface area contributed by atoms with Crippen LogP contribution in [0.4, 0.5) is 5.69 Å². The van der Waals surface area contributed by atoms with Gasteiger partial charge in [-0.15, -0.1) is 0 Å². The van der Waals surface area contributed by atoms with Crippen LogP contribution in [0.15, 0.2) is 17.2 Å². The van der Waals surface area contributed by atoms with Crippen molar-refractivity contribution in [2.75, 3.05) is 19.0 Å². The molecule has 2 rings (SSSR count).